The molecule has 3 rings (SSSR count). The number of carbonyl (C=O) groups is 1. The van der Waals surface area contributed by atoms with Gasteiger partial charge in [-0.3, -0.25) is 0 Å². The lowest BCUT2D eigenvalue weighted by Gasteiger charge is -2.31. The molecule has 0 amide bonds. The van der Waals surface area contributed by atoms with Crippen LogP contribution in [0.1, 0.15) is 10.4 Å². The van der Waals surface area contributed by atoms with Crippen LogP contribution in [0.25, 0.3) is 11.3 Å². The van der Waals surface area contributed by atoms with Crippen LogP contribution in [0.15, 0.2) is 24.3 Å². The van der Waals surface area contributed by atoms with Crippen LogP contribution in [0.5, 0.6) is 0 Å². The van der Waals surface area contributed by atoms with Gasteiger partial charge in [-0.1, -0.05) is 23.5 Å². The SMILES string of the molecule is CN1CCN(c2nc(-c3ccc(C(=O)O)cc3)c(F)s2)CC1.Cl.Cl. The molecule has 5 nitrogen and oxygen atoms in total. The summed E-state index contributed by atoms with van der Waals surface area (Å²) >= 11 is 1.04. The van der Waals surface area contributed by atoms with E-state index in [1.54, 1.807) is 12.1 Å². The zero-order valence-corrected chi connectivity index (χ0v) is 15.4. The fourth-order valence-electron chi connectivity index (χ4n) is 2.37. The highest BCUT2D eigenvalue weighted by Crippen LogP contribution is 2.32. The van der Waals surface area contributed by atoms with Crippen LogP contribution < -0.4 is 4.90 Å². The number of nitrogens with zero attached hydrogens (tertiary/aromatic N) is 3. The van der Waals surface area contributed by atoms with E-state index in [1.807, 2.05) is 0 Å². The Morgan fingerprint density at radius 3 is 2.29 bits per heavy atom. The van der Waals surface area contributed by atoms with Gasteiger partial charge in [-0.2, -0.15) is 4.39 Å². The number of anilines is 1. The fraction of sp³-hybridized carbons (Fsp3) is 0.333. The van der Waals surface area contributed by atoms with Crippen LogP contribution in [0.2, 0.25) is 0 Å². The molecule has 1 aromatic heterocycles. The van der Waals surface area contributed by atoms with Crippen molar-refractivity contribution in [3.63, 3.8) is 0 Å². The molecule has 1 N–H and O–H groups in total. The first-order chi connectivity index (χ1) is 10.5. The highest BCUT2D eigenvalue weighted by Gasteiger charge is 2.21. The van der Waals surface area contributed by atoms with Crippen molar-refractivity contribution in [1.82, 2.24) is 9.88 Å². The van der Waals surface area contributed by atoms with Crippen molar-refractivity contribution in [2.75, 3.05) is 38.1 Å². The van der Waals surface area contributed by atoms with Gasteiger partial charge in [0.25, 0.3) is 0 Å². The molecular weight excluding hydrogens is 376 g/mol. The molecule has 0 atom stereocenters. The van der Waals surface area contributed by atoms with Crippen molar-refractivity contribution >= 4 is 47.3 Å². The van der Waals surface area contributed by atoms with Crippen molar-refractivity contribution in [2.24, 2.45) is 0 Å². The summed E-state index contributed by atoms with van der Waals surface area (Å²) in [5, 5.41) is 9.25. The second-order valence-corrected chi connectivity index (χ2v) is 6.22. The van der Waals surface area contributed by atoms with Crippen LogP contribution in [0.3, 0.4) is 0 Å². The molecule has 0 saturated carbocycles. The average molecular weight is 394 g/mol. The lowest BCUT2D eigenvalue weighted by atomic mass is 10.1. The van der Waals surface area contributed by atoms with E-state index in [0.717, 1.165) is 37.5 Å². The van der Waals surface area contributed by atoms with E-state index in [4.69, 9.17) is 5.11 Å². The predicted octanol–water partition coefficient (Wildman–Crippen LogP) is 3.24. The quantitative estimate of drug-likeness (QED) is 0.866. The Hall–Kier alpha value is -1.41. The molecule has 1 aliphatic rings. The molecule has 0 radical (unpaired) electrons. The third-order valence-electron chi connectivity index (χ3n) is 3.75. The molecule has 2 aromatic rings. The number of hydrogen-bond donors (Lipinski definition) is 1. The van der Waals surface area contributed by atoms with Gasteiger partial charge in [-0.05, 0) is 19.2 Å². The molecular formula is C15H18Cl2FN3O2S. The van der Waals surface area contributed by atoms with Crippen molar-refractivity contribution in [3.05, 3.63) is 35.0 Å². The van der Waals surface area contributed by atoms with Gasteiger partial charge in [-0.25, -0.2) is 9.78 Å². The second kappa shape index (κ2) is 8.62. The number of benzene rings is 1. The van der Waals surface area contributed by atoms with E-state index in [-0.39, 0.29) is 41.2 Å². The van der Waals surface area contributed by atoms with Crippen molar-refractivity contribution in [3.8, 4) is 11.3 Å². The first-order valence-corrected chi connectivity index (χ1v) is 7.80. The molecule has 1 saturated heterocycles. The van der Waals surface area contributed by atoms with Crippen molar-refractivity contribution in [2.45, 2.75) is 0 Å². The van der Waals surface area contributed by atoms with Gasteiger partial charge in [-0.15, -0.1) is 24.8 Å². The van der Waals surface area contributed by atoms with Crippen LogP contribution in [0.4, 0.5) is 9.52 Å². The lowest BCUT2D eigenvalue weighted by molar-refractivity contribution is 0.0697. The van der Waals surface area contributed by atoms with Crippen LogP contribution in [-0.2, 0) is 0 Å². The largest absolute Gasteiger partial charge is 0.478 e. The third kappa shape index (κ3) is 4.36. The van der Waals surface area contributed by atoms with Gasteiger partial charge in [0.15, 0.2) is 5.13 Å². The smallest absolute Gasteiger partial charge is 0.335 e. The highest BCUT2D eigenvalue weighted by atomic mass is 35.5. The maximum atomic E-state index is 14.2. The number of aromatic carboxylic acids is 1. The summed E-state index contributed by atoms with van der Waals surface area (Å²) in [6.07, 6.45) is 0. The summed E-state index contributed by atoms with van der Waals surface area (Å²) in [6.45, 7) is 3.54. The molecule has 0 aliphatic carbocycles. The third-order valence-corrected chi connectivity index (χ3v) is 4.66. The van der Waals surface area contributed by atoms with Gasteiger partial charge in [0.1, 0.15) is 5.69 Å². The van der Waals surface area contributed by atoms with E-state index in [0.29, 0.717) is 10.7 Å². The topological polar surface area (TPSA) is 56.7 Å². The zero-order valence-electron chi connectivity index (χ0n) is 12.9. The monoisotopic (exact) mass is 393 g/mol. The summed E-state index contributed by atoms with van der Waals surface area (Å²) in [6, 6.07) is 6.11. The van der Waals surface area contributed by atoms with Crippen LogP contribution in [0, 0.1) is 5.13 Å². The van der Waals surface area contributed by atoms with E-state index >= 15 is 0 Å². The first kappa shape index (κ1) is 20.6. The maximum Gasteiger partial charge on any atom is 0.335 e. The van der Waals surface area contributed by atoms with Crippen molar-refractivity contribution in [1.29, 1.82) is 0 Å². The summed E-state index contributed by atoms with van der Waals surface area (Å²) in [7, 11) is 2.06. The van der Waals surface area contributed by atoms with E-state index in [2.05, 4.69) is 21.8 Å². The van der Waals surface area contributed by atoms with Gasteiger partial charge < -0.3 is 14.9 Å². The van der Waals surface area contributed by atoms with Gasteiger partial charge in [0.2, 0.25) is 5.13 Å². The fourth-order valence-corrected chi connectivity index (χ4v) is 3.24. The molecule has 1 aromatic carbocycles. The minimum atomic E-state index is -0.997. The summed E-state index contributed by atoms with van der Waals surface area (Å²) < 4.78 is 14.2. The number of likely N-dealkylation sites (N-methyl/N-ethyl adjacent to an activating group) is 1. The molecule has 1 aliphatic heterocycles. The highest BCUT2D eigenvalue weighted by molar-refractivity contribution is 7.14. The number of aromatic nitrogens is 1. The average Bonchev–Trinajstić information content (AvgIpc) is 2.90. The van der Waals surface area contributed by atoms with Crippen LogP contribution >= 0.6 is 36.2 Å². The molecule has 0 unspecified atom stereocenters. The standard InChI is InChI=1S/C15H16FN3O2S.2ClH/c1-18-6-8-19(9-7-18)15-17-12(13(16)22-15)10-2-4-11(5-3-10)14(20)21;;/h2-5H,6-9H2,1H3,(H,20,21);2*1H. The number of carboxylic acids is 1. The number of hydrogen-bond acceptors (Lipinski definition) is 5. The Morgan fingerprint density at radius 1 is 1.17 bits per heavy atom. The molecule has 2 heterocycles. The van der Waals surface area contributed by atoms with Gasteiger partial charge in [0, 0.05) is 31.7 Å². The van der Waals surface area contributed by atoms with Crippen LogP contribution in [-0.4, -0.2) is 54.2 Å². The van der Waals surface area contributed by atoms with E-state index in [9.17, 15) is 9.18 Å². The number of thiazole rings is 1. The number of halogens is 3. The minimum absolute atomic E-state index is 0. The molecule has 132 valence electrons. The van der Waals surface area contributed by atoms with Gasteiger partial charge >= 0.3 is 5.97 Å². The predicted molar refractivity (Wildman–Crippen MR) is 98.7 cm³/mol. The molecule has 0 bridgehead atoms. The molecule has 0 spiro atoms. The van der Waals surface area contributed by atoms with E-state index in [1.165, 1.54) is 12.1 Å². The molecule has 1 fully saturated rings. The Balaban J connectivity index is 0.00000144. The van der Waals surface area contributed by atoms with Gasteiger partial charge in [0.05, 0.1) is 5.56 Å². The zero-order chi connectivity index (χ0) is 15.7. The first-order valence-electron chi connectivity index (χ1n) is 6.98. The Morgan fingerprint density at radius 2 is 1.75 bits per heavy atom. The molecule has 9 heteroatoms. The number of rotatable bonds is 3. The summed E-state index contributed by atoms with van der Waals surface area (Å²) in [4.78, 5) is 19.6. The van der Waals surface area contributed by atoms with E-state index < -0.39 is 5.97 Å². The van der Waals surface area contributed by atoms with Crippen molar-refractivity contribution < 1.29 is 14.3 Å². The summed E-state index contributed by atoms with van der Waals surface area (Å²) in [5.41, 5.74) is 1.06. The number of carboxylic acid groups (broad SMARTS) is 1. The Kier molecular flexibility index (Phi) is 7.41. The Bertz CT molecular complexity index is 689. The number of piperazine rings is 1. The maximum absolute atomic E-state index is 14.2. The second-order valence-electron chi connectivity index (χ2n) is 5.29. The normalized spacial score (nSPS) is 14.7. The summed E-state index contributed by atoms with van der Waals surface area (Å²) in [5.74, 6) is -0.997. The minimum Gasteiger partial charge on any atom is -0.478 e. The Labute approximate surface area is 155 Å². The lowest BCUT2D eigenvalue weighted by Crippen LogP contribution is -2.44. The molecule has 24 heavy (non-hydrogen) atoms.